The number of esters is 1. The van der Waals surface area contributed by atoms with Gasteiger partial charge < -0.3 is 9.84 Å². The minimum atomic E-state index is -1.29. The molecule has 1 heterocycles. The van der Waals surface area contributed by atoms with Gasteiger partial charge in [-0.2, -0.15) is 0 Å². The van der Waals surface area contributed by atoms with Gasteiger partial charge in [0, 0.05) is 13.3 Å². The molecule has 0 aromatic rings. The van der Waals surface area contributed by atoms with Crippen molar-refractivity contribution in [2.75, 3.05) is 0 Å². The van der Waals surface area contributed by atoms with Gasteiger partial charge in [0.1, 0.15) is 0 Å². The number of aliphatic hydroxyl groups is 1. The molecule has 3 heteroatoms. The molecule has 13 heavy (non-hydrogen) atoms. The van der Waals surface area contributed by atoms with Crippen molar-refractivity contribution in [2.24, 2.45) is 5.92 Å². The number of ether oxygens (including phenoxy) is 1. The third-order valence-electron chi connectivity index (χ3n) is 2.40. The third kappa shape index (κ3) is 2.84. The van der Waals surface area contributed by atoms with Crippen LogP contribution in [0.3, 0.4) is 0 Å². The molecular formula is C10H16O3. The van der Waals surface area contributed by atoms with Crippen LogP contribution in [0.25, 0.3) is 0 Å². The van der Waals surface area contributed by atoms with E-state index in [9.17, 15) is 9.90 Å². The molecule has 74 valence electrons. The molecule has 1 aliphatic heterocycles. The monoisotopic (exact) mass is 184 g/mol. The lowest BCUT2D eigenvalue weighted by Gasteiger charge is -2.20. The molecule has 1 unspecified atom stereocenters. The number of cyclic esters (lactones) is 1. The van der Waals surface area contributed by atoms with Crippen molar-refractivity contribution in [2.45, 2.75) is 38.9 Å². The zero-order valence-electron chi connectivity index (χ0n) is 8.17. The molecule has 1 rings (SSSR count). The van der Waals surface area contributed by atoms with Crippen LogP contribution >= 0.6 is 0 Å². The van der Waals surface area contributed by atoms with Gasteiger partial charge in [-0.3, -0.25) is 4.79 Å². The fourth-order valence-corrected chi connectivity index (χ4v) is 1.50. The van der Waals surface area contributed by atoms with Crippen molar-refractivity contribution in [3.8, 4) is 0 Å². The summed E-state index contributed by atoms with van der Waals surface area (Å²) in [6.45, 7) is 7.23. The van der Waals surface area contributed by atoms with Crippen molar-refractivity contribution in [1.82, 2.24) is 0 Å². The molecule has 1 N–H and O–H groups in total. The second-order valence-corrected chi connectivity index (χ2v) is 3.94. The smallest absolute Gasteiger partial charge is 0.308 e. The Bertz CT molecular complexity index is 230. The van der Waals surface area contributed by atoms with Gasteiger partial charge in [-0.1, -0.05) is 12.2 Å². The predicted octanol–water partition coefficient (Wildman–Crippen LogP) is 1.61. The van der Waals surface area contributed by atoms with Gasteiger partial charge in [-0.15, -0.1) is 0 Å². The van der Waals surface area contributed by atoms with Crippen LogP contribution in [0.15, 0.2) is 12.2 Å². The molecule has 0 amide bonds. The van der Waals surface area contributed by atoms with E-state index < -0.39 is 5.79 Å². The van der Waals surface area contributed by atoms with E-state index in [2.05, 4.69) is 6.58 Å². The molecule has 1 saturated heterocycles. The average Bonchev–Trinajstić information content (AvgIpc) is 2.07. The second-order valence-electron chi connectivity index (χ2n) is 3.94. The fourth-order valence-electron chi connectivity index (χ4n) is 1.50. The van der Waals surface area contributed by atoms with Crippen LogP contribution in [0, 0.1) is 5.92 Å². The summed E-state index contributed by atoms with van der Waals surface area (Å²) in [7, 11) is 0. The maximum absolute atomic E-state index is 11.2. The van der Waals surface area contributed by atoms with E-state index in [1.165, 1.54) is 6.92 Å². The molecule has 3 nitrogen and oxygen atoms in total. The van der Waals surface area contributed by atoms with Crippen molar-refractivity contribution >= 4 is 5.97 Å². The lowest BCUT2D eigenvalue weighted by Crippen LogP contribution is -2.28. The molecule has 2 atom stereocenters. The Balaban J connectivity index is 2.69. The van der Waals surface area contributed by atoms with Gasteiger partial charge in [-0.25, -0.2) is 0 Å². The van der Waals surface area contributed by atoms with Gasteiger partial charge in [0.05, 0.1) is 6.42 Å². The van der Waals surface area contributed by atoms with E-state index in [1.807, 2.05) is 6.92 Å². The summed E-state index contributed by atoms with van der Waals surface area (Å²) in [5.74, 6) is -1.47. The molecule has 0 saturated carbocycles. The normalized spacial score (nSPS) is 35.0. The summed E-state index contributed by atoms with van der Waals surface area (Å²) in [5, 5.41) is 9.55. The first kappa shape index (κ1) is 10.3. The summed E-state index contributed by atoms with van der Waals surface area (Å²) in [6.07, 6.45) is 1.58. The molecule has 0 radical (unpaired) electrons. The van der Waals surface area contributed by atoms with E-state index in [0.29, 0.717) is 12.8 Å². The number of hydrogen-bond donors (Lipinski definition) is 1. The Morgan fingerprint density at radius 1 is 1.77 bits per heavy atom. The topological polar surface area (TPSA) is 46.5 Å². The summed E-state index contributed by atoms with van der Waals surface area (Å²) in [4.78, 5) is 11.2. The van der Waals surface area contributed by atoms with Gasteiger partial charge in [0.2, 0.25) is 5.79 Å². The first-order chi connectivity index (χ1) is 5.91. The number of carbonyl (C=O) groups is 1. The Morgan fingerprint density at radius 3 is 2.92 bits per heavy atom. The minimum absolute atomic E-state index is 0.154. The summed E-state index contributed by atoms with van der Waals surface area (Å²) in [5.41, 5.74) is 0.981. The first-order valence-electron chi connectivity index (χ1n) is 4.50. The molecule has 0 spiro atoms. The zero-order valence-corrected chi connectivity index (χ0v) is 8.17. The van der Waals surface area contributed by atoms with Gasteiger partial charge >= 0.3 is 5.97 Å². The molecule has 0 aromatic carbocycles. The SMILES string of the molecule is C=C(C)[C@@H]1CCC(C)(O)OC(=O)C1. The van der Waals surface area contributed by atoms with Crippen LogP contribution in [0.5, 0.6) is 0 Å². The highest BCUT2D eigenvalue weighted by Gasteiger charge is 2.32. The van der Waals surface area contributed by atoms with Crippen molar-refractivity contribution in [3.05, 3.63) is 12.2 Å². The van der Waals surface area contributed by atoms with Crippen LogP contribution in [-0.4, -0.2) is 16.9 Å². The molecule has 1 fully saturated rings. The highest BCUT2D eigenvalue weighted by atomic mass is 16.7. The van der Waals surface area contributed by atoms with Gasteiger partial charge in [-0.05, 0) is 19.3 Å². The molecule has 0 bridgehead atoms. The number of hydrogen-bond acceptors (Lipinski definition) is 3. The minimum Gasteiger partial charge on any atom is -0.434 e. The summed E-state index contributed by atoms with van der Waals surface area (Å²) in [6, 6.07) is 0. The lowest BCUT2D eigenvalue weighted by atomic mass is 9.92. The highest BCUT2D eigenvalue weighted by molar-refractivity contribution is 5.70. The number of rotatable bonds is 1. The lowest BCUT2D eigenvalue weighted by molar-refractivity contribution is -0.200. The molecular weight excluding hydrogens is 168 g/mol. The van der Waals surface area contributed by atoms with Gasteiger partial charge in [0.25, 0.3) is 0 Å². The van der Waals surface area contributed by atoms with Crippen molar-refractivity contribution in [1.29, 1.82) is 0 Å². The van der Waals surface area contributed by atoms with Crippen molar-refractivity contribution < 1.29 is 14.6 Å². The van der Waals surface area contributed by atoms with Crippen LogP contribution in [0.2, 0.25) is 0 Å². The molecule has 1 aliphatic rings. The Labute approximate surface area is 78.4 Å². The number of allylic oxidation sites excluding steroid dienone is 1. The third-order valence-corrected chi connectivity index (χ3v) is 2.40. The quantitative estimate of drug-likeness (QED) is 0.497. The van der Waals surface area contributed by atoms with E-state index in [0.717, 1.165) is 12.0 Å². The predicted molar refractivity (Wildman–Crippen MR) is 48.9 cm³/mol. The van der Waals surface area contributed by atoms with E-state index in [4.69, 9.17) is 4.74 Å². The molecule has 0 aliphatic carbocycles. The van der Waals surface area contributed by atoms with E-state index in [1.54, 1.807) is 0 Å². The average molecular weight is 184 g/mol. The van der Waals surface area contributed by atoms with Crippen LogP contribution in [0.4, 0.5) is 0 Å². The standard InChI is InChI=1S/C10H16O3/c1-7(2)8-4-5-10(3,12)13-9(11)6-8/h8,12H,1,4-6H2,2-3H3/t8-,10?/m1/s1. The second kappa shape index (κ2) is 3.50. The first-order valence-corrected chi connectivity index (χ1v) is 4.50. The van der Waals surface area contributed by atoms with E-state index >= 15 is 0 Å². The highest BCUT2D eigenvalue weighted by Crippen LogP contribution is 2.29. The fraction of sp³-hybridized carbons (Fsp3) is 0.700. The largest absolute Gasteiger partial charge is 0.434 e. The molecule has 0 aromatic heterocycles. The van der Waals surface area contributed by atoms with Crippen LogP contribution in [0.1, 0.15) is 33.1 Å². The van der Waals surface area contributed by atoms with Gasteiger partial charge in [0.15, 0.2) is 0 Å². The van der Waals surface area contributed by atoms with Crippen LogP contribution < -0.4 is 0 Å². The maximum Gasteiger partial charge on any atom is 0.308 e. The zero-order chi connectivity index (χ0) is 10.1. The van der Waals surface area contributed by atoms with E-state index in [-0.39, 0.29) is 11.9 Å². The Morgan fingerprint density at radius 2 is 2.38 bits per heavy atom. The Hall–Kier alpha value is -0.830. The number of carbonyl (C=O) groups excluding carboxylic acids is 1. The summed E-state index contributed by atoms with van der Waals surface area (Å²) < 4.78 is 4.85. The Kier molecular flexibility index (Phi) is 2.76. The van der Waals surface area contributed by atoms with Crippen molar-refractivity contribution in [3.63, 3.8) is 0 Å². The maximum atomic E-state index is 11.2. The van der Waals surface area contributed by atoms with Crippen LogP contribution in [-0.2, 0) is 9.53 Å². The summed E-state index contributed by atoms with van der Waals surface area (Å²) >= 11 is 0.